The molecule has 1 aromatic carbocycles. The van der Waals surface area contributed by atoms with E-state index in [1.54, 1.807) is 25.4 Å². The van der Waals surface area contributed by atoms with Gasteiger partial charge in [-0.3, -0.25) is 9.78 Å². The molecule has 3 rings (SSSR count). The Bertz CT molecular complexity index is 885. The molecule has 1 N–H and O–H groups in total. The zero-order valence-corrected chi connectivity index (χ0v) is 12.0. The van der Waals surface area contributed by atoms with E-state index in [1.807, 2.05) is 24.3 Å². The molecule has 3 aromatic rings. The van der Waals surface area contributed by atoms with Gasteiger partial charge in [-0.2, -0.15) is 0 Å². The number of carbonyl (C=O) groups is 1. The molecule has 0 atom stereocenters. The summed E-state index contributed by atoms with van der Waals surface area (Å²) in [7, 11) is 0. The largest absolute Gasteiger partial charge is 0.462 e. The van der Waals surface area contributed by atoms with Crippen molar-refractivity contribution in [3.8, 4) is 11.1 Å². The fraction of sp³-hybridized carbons (Fsp3) is 0.118. The number of hydrogen-bond acceptors (Lipinski definition) is 4. The van der Waals surface area contributed by atoms with Crippen LogP contribution >= 0.6 is 0 Å². The van der Waals surface area contributed by atoms with Gasteiger partial charge in [0.05, 0.1) is 6.61 Å². The van der Waals surface area contributed by atoms with E-state index in [4.69, 9.17) is 4.74 Å². The highest BCUT2D eigenvalue weighted by molar-refractivity contribution is 5.94. The minimum atomic E-state index is -0.609. The summed E-state index contributed by atoms with van der Waals surface area (Å²) >= 11 is 0. The van der Waals surface area contributed by atoms with Gasteiger partial charge in [0.15, 0.2) is 0 Å². The Kier molecular flexibility index (Phi) is 3.70. The normalized spacial score (nSPS) is 10.6. The number of carbonyl (C=O) groups excluding carboxylic acids is 1. The van der Waals surface area contributed by atoms with Crippen molar-refractivity contribution in [1.82, 2.24) is 9.97 Å². The van der Waals surface area contributed by atoms with Gasteiger partial charge in [0.2, 0.25) is 5.43 Å². The number of aromatic nitrogens is 2. The lowest BCUT2D eigenvalue weighted by Gasteiger charge is -2.06. The molecule has 0 aliphatic rings. The van der Waals surface area contributed by atoms with Gasteiger partial charge in [-0.25, -0.2) is 4.79 Å². The van der Waals surface area contributed by atoms with E-state index in [0.717, 1.165) is 11.1 Å². The van der Waals surface area contributed by atoms with Gasteiger partial charge in [0, 0.05) is 35.1 Å². The van der Waals surface area contributed by atoms with Gasteiger partial charge in [0.1, 0.15) is 5.56 Å². The third-order valence-electron chi connectivity index (χ3n) is 3.37. The summed E-state index contributed by atoms with van der Waals surface area (Å²) < 4.78 is 4.88. The number of rotatable bonds is 3. The molecule has 0 bridgehead atoms. The van der Waals surface area contributed by atoms with Crippen molar-refractivity contribution in [3.63, 3.8) is 0 Å². The van der Waals surface area contributed by atoms with E-state index in [2.05, 4.69) is 9.97 Å². The van der Waals surface area contributed by atoms with Crippen molar-refractivity contribution in [3.05, 3.63) is 64.7 Å². The number of ether oxygens (including phenoxy) is 1. The number of nitrogens with one attached hydrogen (secondary N) is 1. The second kappa shape index (κ2) is 5.81. The van der Waals surface area contributed by atoms with Crippen molar-refractivity contribution in [1.29, 1.82) is 0 Å². The number of esters is 1. The van der Waals surface area contributed by atoms with Gasteiger partial charge < -0.3 is 9.72 Å². The molecule has 2 aromatic heterocycles. The van der Waals surface area contributed by atoms with Crippen molar-refractivity contribution in [2.24, 2.45) is 0 Å². The van der Waals surface area contributed by atoms with Crippen LogP contribution < -0.4 is 5.43 Å². The van der Waals surface area contributed by atoms with Crippen LogP contribution in [0.4, 0.5) is 0 Å². The van der Waals surface area contributed by atoms with Gasteiger partial charge in [0.25, 0.3) is 0 Å². The molecule has 110 valence electrons. The van der Waals surface area contributed by atoms with Crippen molar-refractivity contribution < 1.29 is 9.53 Å². The molecule has 2 heterocycles. The minimum absolute atomic E-state index is 0.0171. The molecule has 0 aliphatic carbocycles. The van der Waals surface area contributed by atoms with Crippen LogP contribution in [0.3, 0.4) is 0 Å². The minimum Gasteiger partial charge on any atom is -0.462 e. The summed E-state index contributed by atoms with van der Waals surface area (Å²) in [4.78, 5) is 31.2. The number of H-pyrrole nitrogens is 1. The first kappa shape index (κ1) is 14.0. The number of aromatic amines is 1. The summed E-state index contributed by atoms with van der Waals surface area (Å²) in [6.07, 6.45) is 4.86. The first-order valence-corrected chi connectivity index (χ1v) is 6.93. The molecule has 0 unspecified atom stereocenters. The topological polar surface area (TPSA) is 72.1 Å². The molecule has 22 heavy (non-hydrogen) atoms. The zero-order chi connectivity index (χ0) is 15.5. The Labute approximate surface area is 126 Å². The Hall–Kier alpha value is -2.95. The maximum Gasteiger partial charge on any atom is 0.343 e. The number of benzene rings is 1. The zero-order valence-electron chi connectivity index (χ0n) is 12.0. The van der Waals surface area contributed by atoms with Crippen LogP contribution in [0.15, 0.2) is 53.7 Å². The van der Waals surface area contributed by atoms with Gasteiger partial charge >= 0.3 is 5.97 Å². The predicted octanol–water partition coefficient (Wildman–Crippen LogP) is 2.77. The third-order valence-corrected chi connectivity index (χ3v) is 3.37. The SMILES string of the molecule is CCOC(=O)c1c[nH]c2cc(-c3cccnc3)ccc2c1=O. The van der Waals surface area contributed by atoms with Crippen molar-refractivity contribution in [2.75, 3.05) is 6.61 Å². The smallest absolute Gasteiger partial charge is 0.343 e. The van der Waals surface area contributed by atoms with Crippen LogP contribution in [-0.2, 0) is 4.74 Å². The van der Waals surface area contributed by atoms with Gasteiger partial charge in [-0.05, 0) is 30.7 Å². The average Bonchev–Trinajstić information content (AvgIpc) is 2.56. The van der Waals surface area contributed by atoms with E-state index in [1.165, 1.54) is 6.20 Å². The Morgan fingerprint density at radius 3 is 2.86 bits per heavy atom. The van der Waals surface area contributed by atoms with Crippen LogP contribution in [0.5, 0.6) is 0 Å². The van der Waals surface area contributed by atoms with Gasteiger partial charge in [-0.1, -0.05) is 12.1 Å². The molecule has 5 heteroatoms. The van der Waals surface area contributed by atoms with E-state index < -0.39 is 5.97 Å². The average molecular weight is 294 g/mol. The van der Waals surface area contributed by atoms with E-state index in [-0.39, 0.29) is 17.6 Å². The molecule has 0 amide bonds. The van der Waals surface area contributed by atoms with Crippen LogP contribution in [0, 0.1) is 0 Å². The molecule has 0 saturated heterocycles. The molecular formula is C17H14N2O3. The fourth-order valence-corrected chi connectivity index (χ4v) is 2.30. The fourth-order valence-electron chi connectivity index (χ4n) is 2.30. The van der Waals surface area contributed by atoms with E-state index >= 15 is 0 Å². The number of nitrogens with zero attached hydrogens (tertiary/aromatic N) is 1. The highest BCUT2D eigenvalue weighted by Gasteiger charge is 2.14. The number of pyridine rings is 2. The lowest BCUT2D eigenvalue weighted by Crippen LogP contribution is -2.18. The van der Waals surface area contributed by atoms with Crippen LogP contribution in [0.2, 0.25) is 0 Å². The molecule has 0 radical (unpaired) electrons. The highest BCUT2D eigenvalue weighted by atomic mass is 16.5. The van der Waals surface area contributed by atoms with Crippen molar-refractivity contribution in [2.45, 2.75) is 6.92 Å². The maximum absolute atomic E-state index is 12.4. The molecule has 0 aliphatic heterocycles. The maximum atomic E-state index is 12.4. The lowest BCUT2D eigenvalue weighted by molar-refractivity contribution is 0.0524. The summed E-state index contributed by atoms with van der Waals surface area (Å²) in [5.41, 5.74) is 2.26. The highest BCUT2D eigenvalue weighted by Crippen LogP contribution is 2.21. The summed E-state index contributed by atoms with van der Waals surface area (Å²) in [6.45, 7) is 1.93. The summed E-state index contributed by atoms with van der Waals surface area (Å²) in [5.74, 6) is -0.609. The second-order valence-corrected chi connectivity index (χ2v) is 4.75. The Morgan fingerprint density at radius 1 is 1.27 bits per heavy atom. The predicted molar refractivity (Wildman–Crippen MR) is 83.8 cm³/mol. The summed E-state index contributed by atoms with van der Waals surface area (Å²) in [5, 5.41) is 0.457. The van der Waals surface area contributed by atoms with Gasteiger partial charge in [-0.15, -0.1) is 0 Å². The standard InChI is InChI=1S/C17H14N2O3/c1-2-22-17(21)14-10-19-15-8-11(5-6-13(15)16(14)20)12-4-3-7-18-9-12/h3-10H,2H2,1H3,(H,19,20). The lowest BCUT2D eigenvalue weighted by atomic mass is 10.0. The van der Waals surface area contributed by atoms with Crippen LogP contribution in [0.1, 0.15) is 17.3 Å². The van der Waals surface area contributed by atoms with E-state index in [9.17, 15) is 9.59 Å². The molecule has 5 nitrogen and oxygen atoms in total. The first-order valence-electron chi connectivity index (χ1n) is 6.93. The Morgan fingerprint density at radius 2 is 2.14 bits per heavy atom. The Balaban J connectivity index is 2.11. The molecule has 0 fully saturated rings. The van der Waals surface area contributed by atoms with E-state index in [0.29, 0.717) is 10.9 Å². The first-order chi connectivity index (χ1) is 10.7. The number of fused-ring (bicyclic) bond motifs is 1. The monoisotopic (exact) mass is 294 g/mol. The van der Waals surface area contributed by atoms with Crippen LogP contribution in [-0.4, -0.2) is 22.5 Å². The second-order valence-electron chi connectivity index (χ2n) is 4.75. The third kappa shape index (κ3) is 2.48. The molecular weight excluding hydrogens is 280 g/mol. The molecule has 0 saturated carbocycles. The van der Waals surface area contributed by atoms with Crippen molar-refractivity contribution >= 4 is 16.9 Å². The number of hydrogen-bond donors (Lipinski definition) is 1. The quantitative estimate of drug-likeness (QED) is 0.754. The van der Waals surface area contributed by atoms with Crippen LogP contribution in [0.25, 0.3) is 22.0 Å². The molecule has 0 spiro atoms. The summed E-state index contributed by atoms with van der Waals surface area (Å²) in [6, 6.07) is 9.21.